The molecule has 0 amide bonds. The van der Waals surface area contributed by atoms with Crippen LogP contribution in [0.15, 0.2) is 35.7 Å². The van der Waals surface area contributed by atoms with Crippen LogP contribution in [0.4, 0.5) is 10.2 Å². The first-order valence-corrected chi connectivity index (χ1v) is 6.44. The van der Waals surface area contributed by atoms with Crippen molar-refractivity contribution in [1.29, 1.82) is 0 Å². The first-order chi connectivity index (χ1) is 8.47. The zero-order chi connectivity index (χ0) is 13.2. The van der Waals surface area contributed by atoms with E-state index >= 15 is 0 Å². The molecule has 0 spiro atoms. The molecule has 0 bridgehead atoms. The fourth-order valence-corrected chi connectivity index (χ4v) is 2.24. The van der Waals surface area contributed by atoms with E-state index in [1.165, 1.54) is 6.07 Å². The van der Waals surface area contributed by atoms with Gasteiger partial charge in [-0.25, -0.2) is 22.8 Å². The van der Waals surface area contributed by atoms with Crippen LogP contribution in [0.25, 0.3) is 0 Å². The van der Waals surface area contributed by atoms with Gasteiger partial charge in [0.15, 0.2) is 0 Å². The lowest BCUT2D eigenvalue weighted by Gasteiger charge is -2.06. The molecular formula is C9H6ClFN4O2S. The van der Waals surface area contributed by atoms with Gasteiger partial charge in [-0.3, -0.25) is 9.71 Å². The molecule has 0 aliphatic carbocycles. The highest BCUT2D eigenvalue weighted by atomic mass is 35.5. The lowest BCUT2D eigenvalue weighted by atomic mass is 10.5. The maximum atomic E-state index is 12.9. The first kappa shape index (κ1) is 12.7. The normalized spacial score (nSPS) is 11.2. The molecule has 9 heteroatoms. The van der Waals surface area contributed by atoms with Crippen LogP contribution in [-0.2, 0) is 10.0 Å². The van der Waals surface area contributed by atoms with Gasteiger partial charge in [-0.1, -0.05) is 11.6 Å². The van der Waals surface area contributed by atoms with Gasteiger partial charge in [0, 0.05) is 12.3 Å². The van der Waals surface area contributed by atoms with Crippen molar-refractivity contribution in [2.75, 3.05) is 4.72 Å². The molecule has 2 aromatic heterocycles. The third-order valence-electron chi connectivity index (χ3n) is 1.86. The lowest BCUT2D eigenvalue weighted by molar-refractivity contribution is 0.592. The fraction of sp³-hybridized carbons (Fsp3) is 0. The number of sulfonamides is 1. The van der Waals surface area contributed by atoms with Gasteiger partial charge >= 0.3 is 0 Å². The summed E-state index contributed by atoms with van der Waals surface area (Å²) in [6.45, 7) is 0. The molecule has 0 unspecified atom stereocenters. The molecule has 2 heterocycles. The molecule has 0 radical (unpaired) electrons. The first-order valence-electron chi connectivity index (χ1n) is 4.58. The number of halogens is 2. The van der Waals surface area contributed by atoms with Crippen molar-refractivity contribution in [2.24, 2.45) is 0 Å². The van der Waals surface area contributed by atoms with E-state index in [0.717, 1.165) is 24.8 Å². The van der Waals surface area contributed by atoms with E-state index < -0.39 is 15.8 Å². The van der Waals surface area contributed by atoms with Gasteiger partial charge in [-0.2, -0.15) is 0 Å². The number of aromatic nitrogens is 3. The molecule has 0 fully saturated rings. The Morgan fingerprint density at radius 2 is 2.00 bits per heavy atom. The summed E-state index contributed by atoms with van der Waals surface area (Å²) in [5.41, 5.74) is 0. The zero-order valence-electron chi connectivity index (χ0n) is 8.71. The molecule has 0 saturated carbocycles. The zero-order valence-corrected chi connectivity index (χ0v) is 10.3. The van der Waals surface area contributed by atoms with Gasteiger partial charge in [0.2, 0.25) is 0 Å². The van der Waals surface area contributed by atoms with Crippen molar-refractivity contribution in [3.05, 3.63) is 41.8 Å². The molecule has 1 N–H and O–H groups in total. The Bertz CT molecular complexity index is 680. The smallest absolute Gasteiger partial charge is 0.263 e. The largest absolute Gasteiger partial charge is 0.264 e. The Hall–Kier alpha value is -1.80. The second-order valence-electron chi connectivity index (χ2n) is 3.17. The second-order valence-corrected chi connectivity index (χ2v) is 5.24. The number of hydrogen-bond acceptors (Lipinski definition) is 5. The molecule has 0 aliphatic heterocycles. The highest BCUT2D eigenvalue weighted by Gasteiger charge is 2.16. The molecule has 0 saturated heterocycles. The summed E-state index contributed by atoms with van der Waals surface area (Å²) in [4.78, 5) is 10.4. The summed E-state index contributed by atoms with van der Waals surface area (Å²) in [6.07, 6.45) is 3.03. The number of nitrogens with one attached hydrogen (secondary N) is 1. The molecule has 6 nitrogen and oxygen atoms in total. The summed E-state index contributed by atoms with van der Waals surface area (Å²) >= 11 is 5.59. The molecular weight excluding hydrogens is 283 g/mol. The van der Waals surface area contributed by atoms with Crippen LogP contribution in [0.1, 0.15) is 0 Å². The maximum Gasteiger partial charge on any atom is 0.264 e. The predicted octanol–water partition coefficient (Wildman–Crippen LogP) is 1.46. The van der Waals surface area contributed by atoms with Crippen LogP contribution in [0, 0.1) is 5.82 Å². The van der Waals surface area contributed by atoms with Crippen LogP contribution < -0.4 is 4.72 Å². The Labute approximate surface area is 107 Å². The third-order valence-corrected chi connectivity index (χ3v) is 3.39. The van der Waals surface area contributed by atoms with E-state index in [9.17, 15) is 12.8 Å². The summed E-state index contributed by atoms with van der Waals surface area (Å²) in [6, 6.07) is 2.07. The van der Waals surface area contributed by atoms with Crippen molar-refractivity contribution in [3.8, 4) is 0 Å². The minimum absolute atomic E-state index is 0.0146. The summed E-state index contributed by atoms with van der Waals surface area (Å²) in [7, 11) is -3.95. The van der Waals surface area contributed by atoms with Crippen LogP contribution in [0.3, 0.4) is 0 Å². The summed E-state index contributed by atoms with van der Waals surface area (Å²) in [5, 5.41) is 0.0834. The fourth-order valence-electron chi connectivity index (χ4n) is 1.13. The second kappa shape index (κ2) is 4.83. The minimum Gasteiger partial charge on any atom is -0.263 e. The van der Waals surface area contributed by atoms with E-state index in [0.29, 0.717) is 0 Å². The van der Waals surface area contributed by atoms with Gasteiger partial charge in [0.1, 0.15) is 28.0 Å². The quantitative estimate of drug-likeness (QED) is 0.864. The molecule has 0 aromatic carbocycles. The Morgan fingerprint density at radius 3 is 2.67 bits per heavy atom. The van der Waals surface area contributed by atoms with Crippen LogP contribution >= 0.6 is 11.6 Å². The van der Waals surface area contributed by atoms with E-state index in [1.54, 1.807) is 0 Å². The number of pyridine rings is 1. The number of hydrogen-bond donors (Lipinski definition) is 1. The van der Waals surface area contributed by atoms with Crippen molar-refractivity contribution >= 4 is 27.4 Å². The average molecular weight is 289 g/mol. The number of rotatable bonds is 3. The molecule has 94 valence electrons. The topological polar surface area (TPSA) is 84.8 Å². The lowest BCUT2D eigenvalue weighted by Crippen LogP contribution is -2.14. The van der Waals surface area contributed by atoms with Crippen molar-refractivity contribution in [3.63, 3.8) is 0 Å². The highest BCUT2D eigenvalue weighted by molar-refractivity contribution is 7.92. The minimum atomic E-state index is -3.95. The van der Waals surface area contributed by atoms with Crippen molar-refractivity contribution in [2.45, 2.75) is 4.90 Å². The van der Waals surface area contributed by atoms with E-state index in [2.05, 4.69) is 19.7 Å². The summed E-state index contributed by atoms with van der Waals surface area (Å²) in [5.74, 6) is -0.766. The number of anilines is 1. The Morgan fingerprint density at radius 1 is 1.22 bits per heavy atom. The van der Waals surface area contributed by atoms with Gasteiger partial charge < -0.3 is 0 Å². The van der Waals surface area contributed by atoms with Crippen molar-refractivity contribution < 1.29 is 12.8 Å². The van der Waals surface area contributed by atoms with Gasteiger partial charge in [-0.15, -0.1) is 0 Å². The number of nitrogens with zero attached hydrogens (tertiary/aromatic N) is 3. The molecule has 0 atom stereocenters. The van der Waals surface area contributed by atoms with Gasteiger partial charge in [0.25, 0.3) is 10.0 Å². The van der Waals surface area contributed by atoms with Gasteiger partial charge in [0.05, 0.1) is 6.20 Å². The van der Waals surface area contributed by atoms with E-state index in [1.807, 2.05) is 0 Å². The molecule has 2 aromatic rings. The van der Waals surface area contributed by atoms with Crippen LogP contribution in [0.2, 0.25) is 5.15 Å². The van der Waals surface area contributed by atoms with E-state index in [-0.39, 0.29) is 15.9 Å². The van der Waals surface area contributed by atoms with Crippen LogP contribution in [-0.4, -0.2) is 23.4 Å². The van der Waals surface area contributed by atoms with Crippen molar-refractivity contribution in [1.82, 2.24) is 15.0 Å². The van der Waals surface area contributed by atoms with Gasteiger partial charge in [-0.05, 0) is 6.07 Å². The highest BCUT2D eigenvalue weighted by Crippen LogP contribution is 2.15. The predicted molar refractivity (Wildman–Crippen MR) is 62.0 cm³/mol. The Kier molecular flexibility index (Phi) is 3.39. The Balaban J connectivity index is 2.33. The SMILES string of the molecule is O=S(=O)(Nc1cc(Cl)ncn1)c1cncc(F)c1. The van der Waals surface area contributed by atoms with E-state index in [4.69, 9.17) is 11.6 Å². The van der Waals surface area contributed by atoms with Crippen LogP contribution in [0.5, 0.6) is 0 Å². The monoisotopic (exact) mass is 288 g/mol. The standard InChI is InChI=1S/C9H6ClFN4O2S/c10-8-2-9(14-5-13-8)15-18(16,17)7-1-6(11)3-12-4-7/h1-5H,(H,13,14,15). The average Bonchev–Trinajstić information content (AvgIpc) is 2.28. The molecule has 18 heavy (non-hydrogen) atoms. The molecule has 0 aliphatic rings. The summed E-state index contributed by atoms with van der Waals surface area (Å²) < 4.78 is 38.7. The maximum absolute atomic E-state index is 12.9. The third kappa shape index (κ3) is 2.90. The molecule has 2 rings (SSSR count).